The van der Waals surface area contributed by atoms with Crippen molar-refractivity contribution < 1.29 is 9.47 Å². The van der Waals surface area contributed by atoms with E-state index < -0.39 is 0 Å². The van der Waals surface area contributed by atoms with Crippen LogP contribution in [0.2, 0.25) is 0 Å². The number of hydrogen-bond donors (Lipinski definition) is 0. The molecule has 0 aliphatic heterocycles. The lowest BCUT2D eigenvalue weighted by atomic mass is 10.1. The molecule has 0 bridgehead atoms. The van der Waals surface area contributed by atoms with Gasteiger partial charge in [-0.05, 0) is 12.8 Å². The Kier molecular flexibility index (Phi) is 15.1. The molecule has 1 heterocycles. The standard InChI is InChI=1S/C23H41NO2/c1-3-5-7-9-11-13-15-17-25-22-19-23(21-24-20-22)26-18-16-14-12-10-8-6-4-2/h19-21H,3-18H2,1-2H3. The third-order valence-corrected chi connectivity index (χ3v) is 4.72. The number of nitrogens with zero attached hydrogens (tertiary/aromatic N) is 1. The molecule has 0 radical (unpaired) electrons. The van der Waals surface area contributed by atoms with Gasteiger partial charge in [-0.1, -0.05) is 90.9 Å². The van der Waals surface area contributed by atoms with Crippen LogP contribution in [0.25, 0.3) is 0 Å². The van der Waals surface area contributed by atoms with E-state index in [1.807, 2.05) is 6.07 Å². The molecule has 0 N–H and O–H groups in total. The molecule has 0 amide bonds. The van der Waals surface area contributed by atoms with Gasteiger partial charge in [0.2, 0.25) is 0 Å². The van der Waals surface area contributed by atoms with E-state index in [1.54, 1.807) is 12.4 Å². The van der Waals surface area contributed by atoms with Crippen LogP contribution >= 0.6 is 0 Å². The first-order valence-electron chi connectivity index (χ1n) is 11.1. The Labute approximate surface area is 161 Å². The highest BCUT2D eigenvalue weighted by Gasteiger charge is 2.00. The molecule has 0 unspecified atom stereocenters. The van der Waals surface area contributed by atoms with E-state index in [0.717, 1.165) is 37.6 Å². The number of aromatic nitrogens is 1. The maximum Gasteiger partial charge on any atom is 0.141 e. The smallest absolute Gasteiger partial charge is 0.141 e. The van der Waals surface area contributed by atoms with Gasteiger partial charge in [0.1, 0.15) is 11.5 Å². The molecule has 0 fully saturated rings. The molecule has 26 heavy (non-hydrogen) atoms. The number of ether oxygens (including phenoxy) is 2. The summed E-state index contributed by atoms with van der Waals surface area (Å²) >= 11 is 0. The molecule has 0 aromatic carbocycles. The van der Waals surface area contributed by atoms with Crippen LogP contribution < -0.4 is 9.47 Å². The minimum absolute atomic E-state index is 0.774. The van der Waals surface area contributed by atoms with Gasteiger partial charge in [0.05, 0.1) is 25.6 Å². The molecular weight excluding hydrogens is 322 g/mol. The zero-order chi connectivity index (χ0) is 18.7. The summed E-state index contributed by atoms with van der Waals surface area (Å²) in [6, 6.07) is 1.97. The lowest BCUT2D eigenvalue weighted by Crippen LogP contribution is -2.00. The fourth-order valence-corrected chi connectivity index (χ4v) is 3.06. The molecule has 0 saturated carbocycles. The molecule has 150 valence electrons. The average Bonchev–Trinajstić information content (AvgIpc) is 2.66. The monoisotopic (exact) mass is 363 g/mol. The summed E-state index contributed by atoms with van der Waals surface area (Å²) in [5, 5.41) is 0. The van der Waals surface area contributed by atoms with Crippen LogP contribution in [0.4, 0.5) is 0 Å². The lowest BCUT2D eigenvalue weighted by molar-refractivity contribution is 0.287. The molecular formula is C23H41NO2. The van der Waals surface area contributed by atoms with Gasteiger partial charge in [-0.25, -0.2) is 0 Å². The van der Waals surface area contributed by atoms with E-state index in [2.05, 4.69) is 18.8 Å². The van der Waals surface area contributed by atoms with Crippen molar-refractivity contribution >= 4 is 0 Å². The van der Waals surface area contributed by atoms with Gasteiger partial charge in [-0.3, -0.25) is 4.98 Å². The van der Waals surface area contributed by atoms with Gasteiger partial charge in [-0.15, -0.1) is 0 Å². The van der Waals surface area contributed by atoms with Crippen molar-refractivity contribution in [1.82, 2.24) is 4.98 Å². The van der Waals surface area contributed by atoms with Crippen molar-refractivity contribution in [2.75, 3.05) is 13.2 Å². The average molecular weight is 364 g/mol. The SMILES string of the molecule is CCCCCCCCCOc1cncc(OCCCCCCCCC)c1. The van der Waals surface area contributed by atoms with Crippen LogP contribution in [0.3, 0.4) is 0 Å². The van der Waals surface area contributed by atoms with Crippen molar-refractivity contribution in [1.29, 1.82) is 0 Å². The summed E-state index contributed by atoms with van der Waals surface area (Å²) in [6.45, 7) is 6.07. The summed E-state index contributed by atoms with van der Waals surface area (Å²) in [5.74, 6) is 1.65. The van der Waals surface area contributed by atoms with E-state index in [1.165, 1.54) is 77.0 Å². The maximum atomic E-state index is 5.81. The van der Waals surface area contributed by atoms with Gasteiger partial charge < -0.3 is 9.47 Å². The Morgan fingerprint density at radius 1 is 0.577 bits per heavy atom. The van der Waals surface area contributed by atoms with Crippen LogP contribution in [0.1, 0.15) is 104 Å². The molecule has 0 saturated heterocycles. The quantitative estimate of drug-likeness (QED) is 0.256. The molecule has 1 rings (SSSR count). The summed E-state index contributed by atoms with van der Waals surface area (Å²) in [6.07, 6.45) is 21.8. The molecule has 0 aliphatic rings. The molecule has 0 aliphatic carbocycles. The largest absolute Gasteiger partial charge is 0.492 e. The van der Waals surface area contributed by atoms with Crippen LogP contribution in [0.15, 0.2) is 18.5 Å². The Hall–Kier alpha value is -1.25. The van der Waals surface area contributed by atoms with E-state index in [-0.39, 0.29) is 0 Å². The van der Waals surface area contributed by atoms with Crippen molar-refractivity contribution in [2.45, 2.75) is 104 Å². The van der Waals surface area contributed by atoms with E-state index in [0.29, 0.717) is 0 Å². The third kappa shape index (κ3) is 13.0. The summed E-state index contributed by atoms with van der Waals surface area (Å²) in [7, 11) is 0. The van der Waals surface area contributed by atoms with Gasteiger partial charge >= 0.3 is 0 Å². The van der Waals surface area contributed by atoms with Crippen molar-refractivity contribution in [3.05, 3.63) is 18.5 Å². The van der Waals surface area contributed by atoms with E-state index in [9.17, 15) is 0 Å². The molecule has 3 heteroatoms. The van der Waals surface area contributed by atoms with Crippen molar-refractivity contribution in [3.8, 4) is 11.5 Å². The Morgan fingerprint density at radius 3 is 1.38 bits per heavy atom. The zero-order valence-electron chi connectivity index (χ0n) is 17.3. The molecule has 1 aromatic rings. The summed E-state index contributed by atoms with van der Waals surface area (Å²) in [5.41, 5.74) is 0. The zero-order valence-corrected chi connectivity index (χ0v) is 17.3. The Bertz CT molecular complexity index is 387. The Balaban J connectivity index is 2.03. The molecule has 3 nitrogen and oxygen atoms in total. The lowest BCUT2D eigenvalue weighted by Gasteiger charge is -2.09. The minimum Gasteiger partial charge on any atom is -0.492 e. The third-order valence-electron chi connectivity index (χ3n) is 4.72. The fraction of sp³-hybridized carbons (Fsp3) is 0.783. The van der Waals surface area contributed by atoms with Gasteiger partial charge in [-0.2, -0.15) is 0 Å². The number of hydrogen-bond acceptors (Lipinski definition) is 3. The van der Waals surface area contributed by atoms with Crippen LogP contribution in [0, 0.1) is 0 Å². The van der Waals surface area contributed by atoms with Crippen molar-refractivity contribution in [2.24, 2.45) is 0 Å². The second-order valence-electron chi connectivity index (χ2n) is 7.30. The highest BCUT2D eigenvalue weighted by Crippen LogP contribution is 2.18. The number of unbranched alkanes of at least 4 members (excludes halogenated alkanes) is 12. The maximum absolute atomic E-state index is 5.81. The van der Waals surface area contributed by atoms with Crippen LogP contribution in [-0.2, 0) is 0 Å². The topological polar surface area (TPSA) is 31.4 Å². The second-order valence-corrected chi connectivity index (χ2v) is 7.30. The highest BCUT2D eigenvalue weighted by atomic mass is 16.5. The fourth-order valence-electron chi connectivity index (χ4n) is 3.06. The van der Waals surface area contributed by atoms with Crippen LogP contribution in [-0.4, -0.2) is 18.2 Å². The Morgan fingerprint density at radius 2 is 0.962 bits per heavy atom. The first kappa shape index (κ1) is 22.8. The summed E-state index contributed by atoms with van der Waals surface area (Å²) < 4.78 is 11.6. The first-order chi connectivity index (χ1) is 12.9. The molecule has 0 spiro atoms. The first-order valence-corrected chi connectivity index (χ1v) is 11.1. The predicted octanol–water partition coefficient (Wildman–Crippen LogP) is 7.34. The van der Waals surface area contributed by atoms with Crippen LogP contribution in [0.5, 0.6) is 11.5 Å². The predicted molar refractivity (Wildman–Crippen MR) is 111 cm³/mol. The molecule has 0 atom stereocenters. The van der Waals surface area contributed by atoms with E-state index in [4.69, 9.17) is 9.47 Å². The highest BCUT2D eigenvalue weighted by molar-refractivity contribution is 5.28. The summed E-state index contributed by atoms with van der Waals surface area (Å²) in [4.78, 5) is 4.23. The minimum atomic E-state index is 0.774. The molecule has 1 aromatic heterocycles. The van der Waals surface area contributed by atoms with E-state index >= 15 is 0 Å². The second kappa shape index (κ2) is 17.2. The van der Waals surface area contributed by atoms with Gasteiger partial charge in [0, 0.05) is 6.07 Å². The van der Waals surface area contributed by atoms with Crippen molar-refractivity contribution in [3.63, 3.8) is 0 Å². The van der Waals surface area contributed by atoms with Gasteiger partial charge in [0.15, 0.2) is 0 Å². The number of rotatable bonds is 18. The number of pyridine rings is 1. The normalized spacial score (nSPS) is 10.8. The van der Waals surface area contributed by atoms with Gasteiger partial charge in [0.25, 0.3) is 0 Å².